The van der Waals surface area contributed by atoms with E-state index < -0.39 is 12.0 Å². The van der Waals surface area contributed by atoms with Gasteiger partial charge < -0.3 is 24.3 Å². The minimum Gasteiger partial charge on any atom is -0.493 e. The lowest BCUT2D eigenvalue weighted by Crippen LogP contribution is -2.20. The van der Waals surface area contributed by atoms with Crippen LogP contribution in [0.3, 0.4) is 0 Å². The monoisotopic (exact) mass is 399 g/mol. The molecule has 154 valence electrons. The standard InChI is InChI=1S/C22H25NO6/c1-6-29-22(25)14(2)20(15-8-7-9-17(24)11-10-15)23-16-12-18(26-3)21(28-5)19(13-16)27-4/h7-13,20,23H,2,6H2,1,3-5H3/t20-/m1/s1. The van der Waals surface area contributed by atoms with Gasteiger partial charge in [-0.2, -0.15) is 0 Å². The highest BCUT2D eigenvalue weighted by Gasteiger charge is 2.23. The van der Waals surface area contributed by atoms with E-state index in [2.05, 4.69) is 11.9 Å². The third-order valence-electron chi connectivity index (χ3n) is 4.18. The molecule has 1 atom stereocenters. The van der Waals surface area contributed by atoms with Gasteiger partial charge in [-0.25, -0.2) is 4.79 Å². The Labute approximate surface area is 169 Å². The number of carbonyl (C=O) groups is 1. The zero-order valence-electron chi connectivity index (χ0n) is 17.0. The number of benzene rings is 1. The Hall–Kier alpha value is -3.48. The van der Waals surface area contributed by atoms with Crippen molar-refractivity contribution in [2.24, 2.45) is 0 Å². The predicted molar refractivity (Wildman–Crippen MR) is 111 cm³/mol. The van der Waals surface area contributed by atoms with Crippen LogP contribution in [0.15, 0.2) is 59.4 Å². The number of nitrogens with one attached hydrogen (secondary N) is 1. The van der Waals surface area contributed by atoms with E-state index in [0.717, 1.165) is 0 Å². The zero-order chi connectivity index (χ0) is 21.4. The van der Waals surface area contributed by atoms with Crippen molar-refractivity contribution in [3.8, 4) is 17.2 Å². The molecule has 0 amide bonds. The van der Waals surface area contributed by atoms with E-state index in [-0.39, 0.29) is 17.6 Å². The molecule has 0 unspecified atom stereocenters. The molecule has 2 aromatic carbocycles. The third kappa shape index (κ3) is 5.28. The molecule has 1 N–H and O–H groups in total. The molecule has 0 radical (unpaired) electrons. The summed E-state index contributed by atoms with van der Waals surface area (Å²) in [6.45, 7) is 5.85. The van der Waals surface area contributed by atoms with Gasteiger partial charge in [-0.3, -0.25) is 4.79 Å². The molecule has 2 rings (SSSR count). The molecule has 0 bridgehead atoms. The number of ether oxygens (including phenoxy) is 4. The minimum absolute atomic E-state index is 0.149. The summed E-state index contributed by atoms with van der Waals surface area (Å²) in [7, 11) is 4.55. The molecular weight excluding hydrogens is 374 g/mol. The van der Waals surface area contributed by atoms with E-state index >= 15 is 0 Å². The van der Waals surface area contributed by atoms with Crippen molar-refractivity contribution in [1.82, 2.24) is 0 Å². The van der Waals surface area contributed by atoms with Crippen LogP contribution < -0.4 is 25.0 Å². The second-order valence-corrected chi connectivity index (χ2v) is 6.00. The number of esters is 1. The SMILES string of the molecule is C=C(C(=O)OCC)[C@@H](Nc1cc(OC)c(OC)c(OC)c1)c1cccc(=O)cc1. The van der Waals surface area contributed by atoms with Gasteiger partial charge in [0.1, 0.15) is 0 Å². The Balaban J connectivity index is 2.52. The van der Waals surface area contributed by atoms with Gasteiger partial charge in [0.2, 0.25) is 5.75 Å². The normalized spacial score (nSPS) is 11.2. The van der Waals surface area contributed by atoms with Crippen LogP contribution in [0, 0.1) is 0 Å². The molecule has 0 heterocycles. The van der Waals surface area contributed by atoms with Gasteiger partial charge in [-0.05, 0) is 24.6 Å². The molecule has 29 heavy (non-hydrogen) atoms. The van der Waals surface area contributed by atoms with Crippen LogP contribution in [0.4, 0.5) is 5.69 Å². The Morgan fingerprint density at radius 3 is 2.24 bits per heavy atom. The van der Waals surface area contributed by atoms with Crippen molar-refractivity contribution >= 4 is 11.7 Å². The third-order valence-corrected chi connectivity index (χ3v) is 4.18. The van der Waals surface area contributed by atoms with Crippen molar-refractivity contribution in [2.75, 3.05) is 33.3 Å². The molecule has 0 aliphatic carbocycles. The maximum Gasteiger partial charge on any atom is 0.335 e. The largest absolute Gasteiger partial charge is 0.493 e. The number of rotatable bonds is 9. The van der Waals surface area contributed by atoms with E-state index in [9.17, 15) is 9.59 Å². The highest BCUT2D eigenvalue weighted by molar-refractivity contribution is 5.90. The number of hydrogen-bond donors (Lipinski definition) is 1. The van der Waals surface area contributed by atoms with Gasteiger partial charge in [-0.1, -0.05) is 24.8 Å². The van der Waals surface area contributed by atoms with Crippen LogP contribution in [0.5, 0.6) is 17.2 Å². The lowest BCUT2D eigenvalue weighted by atomic mass is 10.0. The smallest absolute Gasteiger partial charge is 0.335 e. The number of methoxy groups -OCH3 is 3. The average molecular weight is 399 g/mol. The molecule has 0 aliphatic rings. The van der Waals surface area contributed by atoms with E-state index in [1.165, 1.54) is 33.5 Å². The first kappa shape index (κ1) is 21.8. The van der Waals surface area contributed by atoms with Gasteiger partial charge >= 0.3 is 5.97 Å². The molecule has 0 aliphatic heterocycles. The molecule has 0 aromatic heterocycles. The number of anilines is 1. The van der Waals surface area contributed by atoms with Crippen molar-refractivity contribution in [1.29, 1.82) is 0 Å². The predicted octanol–water partition coefficient (Wildman–Crippen LogP) is 3.35. The summed E-state index contributed by atoms with van der Waals surface area (Å²) in [4.78, 5) is 24.0. The summed E-state index contributed by atoms with van der Waals surface area (Å²) in [5, 5.41) is 3.25. The Morgan fingerprint density at radius 1 is 1.03 bits per heavy atom. The summed E-state index contributed by atoms with van der Waals surface area (Å²) in [6, 6.07) is 10.7. The van der Waals surface area contributed by atoms with Crippen LogP contribution in [0.25, 0.3) is 0 Å². The van der Waals surface area contributed by atoms with Crippen molar-refractivity contribution < 1.29 is 23.7 Å². The van der Waals surface area contributed by atoms with Gasteiger partial charge in [0.15, 0.2) is 16.9 Å². The van der Waals surface area contributed by atoms with Crippen molar-refractivity contribution in [3.05, 3.63) is 70.4 Å². The summed E-state index contributed by atoms with van der Waals surface area (Å²) in [5.41, 5.74) is 1.31. The van der Waals surface area contributed by atoms with Gasteiger partial charge in [0, 0.05) is 17.8 Å². The first-order valence-electron chi connectivity index (χ1n) is 8.97. The van der Waals surface area contributed by atoms with E-state index in [4.69, 9.17) is 18.9 Å². The van der Waals surface area contributed by atoms with E-state index in [1.54, 1.807) is 37.3 Å². The molecule has 0 spiro atoms. The van der Waals surface area contributed by atoms with Crippen LogP contribution in [-0.2, 0) is 9.53 Å². The fourth-order valence-electron chi connectivity index (χ4n) is 2.78. The molecular formula is C22H25NO6. The van der Waals surface area contributed by atoms with E-state index in [0.29, 0.717) is 28.5 Å². The maximum atomic E-state index is 12.3. The average Bonchev–Trinajstić information content (AvgIpc) is 2.95. The van der Waals surface area contributed by atoms with Crippen LogP contribution >= 0.6 is 0 Å². The van der Waals surface area contributed by atoms with Gasteiger partial charge in [0.05, 0.1) is 39.6 Å². The topological polar surface area (TPSA) is 83.1 Å². The summed E-state index contributed by atoms with van der Waals surface area (Å²) in [6.07, 6.45) is 0. The Kier molecular flexibility index (Phi) is 7.65. The zero-order valence-corrected chi connectivity index (χ0v) is 17.0. The first-order chi connectivity index (χ1) is 13.9. The Morgan fingerprint density at radius 2 is 1.69 bits per heavy atom. The molecule has 0 fully saturated rings. The summed E-state index contributed by atoms with van der Waals surface area (Å²) >= 11 is 0. The molecule has 2 aromatic rings. The second-order valence-electron chi connectivity index (χ2n) is 6.00. The molecule has 0 saturated heterocycles. The fourth-order valence-corrected chi connectivity index (χ4v) is 2.78. The van der Waals surface area contributed by atoms with Crippen LogP contribution in [-0.4, -0.2) is 33.9 Å². The Bertz CT molecular complexity index is 915. The fraction of sp³-hybridized carbons (Fsp3) is 0.273. The lowest BCUT2D eigenvalue weighted by molar-refractivity contribution is -0.138. The van der Waals surface area contributed by atoms with Gasteiger partial charge in [-0.15, -0.1) is 0 Å². The molecule has 7 nitrogen and oxygen atoms in total. The highest BCUT2D eigenvalue weighted by atomic mass is 16.5. The molecule has 0 saturated carbocycles. The minimum atomic E-state index is -0.649. The van der Waals surface area contributed by atoms with Gasteiger partial charge in [0.25, 0.3) is 0 Å². The quantitative estimate of drug-likeness (QED) is 0.511. The first-order valence-corrected chi connectivity index (χ1v) is 8.97. The second kappa shape index (κ2) is 10.2. The number of carbonyl (C=O) groups excluding carboxylic acids is 1. The number of hydrogen-bond acceptors (Lipinski definition) is 7. The maximum absolute atomic E-state index is 12.3. The van der Waals surface area contributed by atoms with Crippen LogP contribution in [0.1, 0.15) is 18.5 Å². The summed E-state index contributed by atoms with van der Waals surface area (Å²) < 4.78 is 21.2. The van der Waals surface area contributed by atoms with Crippen LogP contribution in [0.2, 0.25) is 0 Å². The van der Waals surface area contributed by atoms with Crippen molar-refractivity contribution in [2.45, 2.75) is 13.0 Å². The summed E-state index contributed by atoms with van der Waals surface area (Å²) in [5.74, 6) is 0.820. The lowest BCUT2D eigenvalue weighted by Gasteiger charge is -2.22. The van der Waals surface area contributed by atoms with E-state index in [1.807, 2.05) is 0 Å². The highest BCUT2D eigenvalue weighted by Crippen LogP contribution is 2.41. The molecule has 7 heteroatoms. The van der Waals surface area contributed by atoms with Crippen molar-refractivity contribution in [3.63, 3.8) is 0 Å².